The van der Waals surface area contributed by atoms with E-state index in [1.54, 1.807) is 0 Å². The molecular formula is C20H34N2OPRu. The number of likely N-dealkylation sites (N-methyl/N-ethyl adjacent to an activating group) is 1. The predicted molar refractivity (Wildman–Crippen MR) is 107 cm³/mol. The van der Waals surface area contributed by atoms with Gasteiger partial charge in [0.25, 0.3) is 0 Å². The molecule has 3 nitrogen and oxygen atoms in total. The summed E-state index contributed by atoms with van der Waals surface area (Å²) in [6, 6.07) is 0. The number of allylic oxidation sites excluding steroid dienone is 3. The maximum Gasteiger partial charge on any atom is 1.00 e. The van der Waals surface area contributed by atoms with Gasteiger partial charge < -0.3 is 10.2 Å². The van der Waals surface area contributed by atoms with Crippen molar-refractivity contribution in [1.29, 1.82) is 0 Å². The summed E-state index contributed by atoms with van der Waals surface area (Å²) in [6.45, 7) is 26.1. The smallest absolute Gasteiger partial charge is 1.00 e. The Balaban J connectivity index is 0. The van der Waals surface area contributed by atoms with Crippen molar-refractivity contribution in [1.82, 2.24) is 4.90 Å². The number of hydrogen-bond donors (Lipinski definition) is 0. The van der Waals surface area contributed by atoms with Crippen LogP contribution in [0.4, 0.5) is 0 Å². The second-order valence-corrected chi connectivity index (χ2v) is 11.5. The van der Waals surface area contributed by atoms with Crippen LogP contribution in [0.15, 0.2) is 35.4 Å². The summed E-state index contributed by atoms with van der Waals surface area (Å²) in [5, 5.41) is 5.49. The summed E-state index contributed by atoms with van der Waals surface area (Å²) >= 11 is 0. The van der Waals surface area contributed by atoms with Gasteiger partial charge in [0.15, 0.2) is 0 Å². The molecule has 143 valence electrons. The molecule has 0 bridgehead atoms. The minimum absolute atomic E-state index is 0. The van der Waals surface area contributed by atoms with Crippen molar-refractivity contribution in [3.8, 4) is 0 Å². The molecule has 0 aromatic carbocycles. The van der Waals surface area contributed by atoms with Crippen molar-refractivity contribution in [3.05, 3.63) is 47.4 Å². The Morgan fingerprint density at radius 1 is 1.08 bits per heavy atom. The van der Waals surface area contributed by atoms with Gasteiger partial charge in [0.05, 0.1) is 0 Å². The standard InChI is InChI=1S/C19H34N2P.CO.Ru/c1-9-21(10-2)14-16-12-11-13-17(20-16)15-22(18(3,4)5)19(6,7)8;1-2;/h11-13,15H,9-10,14H2,1-8H3;;/q-1;;+1/b17-15-;;. The second kappa shape index (κ2) is 12.2. The third-order valence-corrected chi connectivity index (χ3v) is 7.23. The fraction of sp³-hybridized carbons (Fsp3) is 0.650. The monoisotopic (exact) mass is 451 g/mol. The minimum Gasteiger partial charge on any atom is 1.00 e. The Bertz CT molecular complexity index is 478. The first-order valence-corrected chi connectivity index (χ1v) is 10.0. The summed E-state index contributed by atoms with van der Waals surface area (Å²) < 4.78 is 7.50. The van der Waals surface area contributed by atoms with E-state index < -0.39 is 0 Å². The third-order valence-electron chi connectivity index (χ3n) is 3.82. The van der Waals surface area contributed by atoms with Gasteiger partial charge in [-0.05, 0) is 23.4 Å². The van der Waals surface area contributed by atoms with Gasteiger partial charge in [-0.3, -0.25) is 0 Å². The van der Waals surface area contributed by atoms with Crippen LogP contribution in [0.25, 0.3) is 5.32 Å². The number of nitrogens with zero attached hydrogens (tertiary/aromatic N) is 2. The molecule has 0 atom stereocenters. The second-order valence-electron chi connectivity index (χ2n) is 7.86. The summed E-state index contributed by atoms with van der Waals surface area (Å²) in [5.41, 5.74) is 2.32. The van der Waals surface area contributed by atoms with E-state index >= 15 is 0 Å². The zero-order chi connectivity index (χ0) is 19.0. The van der Waals surface area contributed by atoms with E-state index in [9.17, 15) is 0 Å². The van der Waals surface area contributed by atoms with E-state index in [0.29, 0.717) is 10.3 Å². The molecule has 1 heterocycles. The van der Waals surface area contributed by atoms with Crippen molar-refractivity contribution < 1.29 is 24.1 Å². The van der Waals surface area contributed by atoms with Crippen molar-refractivity contribution >= 4 is 7.92 Å². The molecule has 0 aromatic heterocycles. The maximum absolute atomic E-state index is 7.50. The van der Waals surface area contributed by atoms with Crippen LogP contribution < -0.4 is 0 Å². The molecule has 0 unspecified atom stereocenters. The van der Waals surface area contributed by atoms with Gasteiger partial charge in [0, 0.05) is 6.54 Å². The van der Waals surface area contributed by atoms with Gasteiger partial charge in [0.2, 0.25) is 0 Å². The number of hydrogen-bond acceptors (Lipinski definition) is 1. The molecule has 0 saturated heterocycles. The minimum atomic E-state index is -0.260. The molecular weight excluding hydrogens is 416 g/mol. The van der Waals surface area contributed by atoms with E-state index in [2.05, 4.69) is 91.0 Å². The van der Waals surface area contributed by atoms with Gasteiger partial charge in [0.1, 0.15) is 0 Å². The molecule has 1 radical (unpaired) electrons. The molecule has 0 aromatic rings. The molecule has 5 heteroatoms. The molecule has 0 spiro atoms. The van der Waals surface area contributed by atoms with Crippen LogP contribution in [0.5, 0.6) is 0 Å². The van der Waals surface area contributed by atoms with Crippen LogP contribution in [-0.2, 0) is 24.1 Å². The van der Waals surface area contributed by atoms with E-state index in [-0.39, 0.29) is 27.4 Å². The largest absolute Gasteiger partial charge is 1.00 e. The molecule has 1 aliphatic heterocycles. The average molecular weight is 451 g/mol. The Morgan fingerprint density at radius 2 is 1.56 bits per heavy atom. The van der Waals surface area contributed by atoms with Gasteiger partial charge in [-0.25, -0.2) is 0 Å². The van der Waals surface area contributed by atoms with E-state index in [4.69, 9.17) is 9.97 Å². The van der Waals surface area contributed by atoms with Crippen LogP contribution >= 0.6 is 7.92 Å². The van der Waals surface area contributed by atoms with E-state index in [1.807, 2.05) is 0 Å². The van der Waals surface area contributed by atoms with Gasteiger partial charge in [-0.2, -0.15) is 0 Å². The van der Waals surface area contributed by atoms with Crippen molar-refractivity contribution in [2.45, 2.75) is 65.7 Å². The van der Waals surface area contributed by atoms with Crippen molar-refractivity contribution in [3.63, 3.8) is 0 Å². The molecule has 25 heavy (non-hydrogen) atoms. The first-order valence-electron chi connectivity index (χ1n) is 8.61. The summed E-state index contributed by atoms with van der Waals surface area (Å²) in [4.78, 5) is 2.41. The Kier molecular flexibility index (Phi) is 13.2. The van der Waals surface area contributed by atoms with Crippen molar-refractivity contribution in [2.24, 2.45) is 0 Å². The fourth-order valence-electron chi connectivity index (χ4n) is 2.86. The predicted octanol–water partition coefficient (Wildman–Crippen LogP) is 6.04. The van der Waals surface area contributed by atoms with Crippen molar-refractivity contribution in [2.75, 3.05) is 19.6 Å². The molecule has 0 amide bonds. The zero-order valence-electron chi connectivity index (χ0n) is 17.0. The summed E-state index contributed by atoms with van der Waals surface area (Å²) in [5.74, 6) is 2.43. The molecule has 0 N–H and O–H groups in total. The average Bonchev–Trinajstić information content (AvgIpc) is 2.50. The van der Waals surface area contributed by atoms with Gasteiger partial charge in [-0.15, -0.1) is 11.4 Å². The SMILES string of the molecule is CCN(CC)CC1=CC=C/C(=C/P(C(C)(C)C)C(C)(C)C)[N-]1.[C-]#[O+].[Ru+]. The molecule has 0 aliphatic carbocycles. The summed E-state index contributed by atoms with van der Waals surface area (Å²) in [6.07, 6.45) is 6.45. The van der Waals surface area contributed by atoms with E-state index in [0.717, 1.165) is 25.3 Å². The quantitative estimate of drug-likeness (QED) is 0.218. The third kappa shape index (κ3) is 9.88. The Hall–Kier alpha value is -0.227. The van der Waals surface area contributed by atoms with Gasteiger partial charge >= 0.3 is 30.8 Å². The first-order chi connectivity index (χ1) is 11.1. The van der Waals surface area contributed by atoms with E-state index in [1.165, 1.54) is 5.70 Å². The first kappa shape index (κ1) is 27.0. The zero-order valence-corrected chi connectivity index (χ0v) is 19.7. The Labute approximate surface area is 169 Å². The van der Waals surface area contributed by atoms with Crippen LogP contribution in [0.3, 0.4) is 0 Å². The fourth-order valence-corrected chi connectivity index (χ4v) is 6.06. The normalized spacial score (nSPS) is 16.0. The Morgan fingerprint density at radius 3 is 1.96 bits per heavy atom. The molecule has 1 rings (SSSR count). The molecule has 1 aliphatic rings. The summed E-state index contributed by atoms with van der Waals surface area (Å²) in [7, 11) is -0.260. The van der Waals surface area contributed by atoms with Crippen LogP contribution in [-0.4, -0.2) is 34.8 Å². The van der Waals surface area contributed by atoms with Crippen LogP contribution in [0, 0.1) is 6.65 Å². The topological polar surface area (TPSA) is 37.2 Å². The number of rotatable bonds is 5. The molecule has 0 saturated carbocycles. The van der Waals surface area contributed by atoms with Crippen LogP contribution in [0.2, 0.25) is 0 Å². The van der Waals surface area contributed by atoms with Gasteiger partial charge in [-0.1, -0.05) is 87.4 Å². The van der Waals surface area contributed by atoms with Crippen LogP contribution in [0.1, 0.15) is 55.4 Å². The maximum atomic E-state index is 7.50. The molecule has 0 fully saturated rings.